The van der Waals surface area contributed by atoms with E-state index in [1.807, 2.05) is 0 Å². The number of piperazine rings is 1. The molecule has 1 aliphatic heterocycles. The largest absolute Gasteiger partial charge is 0.368 e. The van der Waals surface area contributed by atoms with Crippen LogP contribution in [-0.2, 0) is 4.79 Å². The molecule has 4 N–H and O–H groups in total. The first kappa shape index (κ1) is 12.4. The van der Waals surface area contributed by atoms with Gasteiger partial charge in [0.25, 0.3) is 0 Å². The van der Waals surface area contributed by atoms with Gasteiger partial charge in [-0.2, -0.15) is 10.5 Å². The minimum absolute atomic E-state index is 0.894. The molecule has 76 valence electrons. The summed E-state index contributed by atoms with van der Waals surface area (Å²) in [5.74, 6) is -2.19. The van der Waals surface area contributed by atoms with Crippen molar-refractivity contribution in [3.8, 4) is 12.1 Å². The van der Waals surface area contributed by atoms with Crippen LogP contribution in [0.1, 0.15) is 0 Å². The van der Waals surface area contributed by atoms with E-state index in [0.29, 0.717) is 0 Å². The molecule has 1 aliphatic rings. The van der Waals surface area contributed by atoms with Crippen LogP contribution in [0.2, 0.25) is 0 Å². The summed E-state index contributed by atoms with van der Waals surface area (Å²) in [6, 6.07) is 2.83. The SMILES string of the molecule is C1CNCCN1.N#CC(C#N)C(N)=O. The Morgan fingerprint density at radius 3 is 1.57 bits per heavy atom. The van der Waals surface area contributed by atoms with Crippen molar-refractivity contribution in [3.05, 3.63) is 0 Å². The van der Waals surface area contributed by atoms with Gasteiger partial charge >= 0.3 is 0 Å². The van der Waals surface area contributed by atoms with Gasteiger partial charge in [-0.25, -0.2) is 0 Å². The molecule has 0 saturated carbocycles. The van der Waals surface area contributed by atoms with Crippen LogP contribution in [0.25, 0.3) is 0 Å². The summed E-state index contributed by atoms with van der Waals surface area (Å²) < 4.78 is 0. The van der Waals surface area contributed by atoms with Gasteiger partial charge < -0.3 is 16.4 Å². The van der Waals surface area contributed by atoms with Crippen LogP contribution in [0.4, 0.5) is 0 Å². The van der Waals surface area contributed by atoms with E-state index in [-0.39, 0.29) is 0 Å². The summed E-state index contributed by atoms with van der Waals surface area (Å²) in [5.41, 5.74) is 4.57. The summed E-state index contributed by atoms with van der Waals surface area (Å²) in [7, 11) is 0. The van der Waals surface area contributed by atoms with Crippen LogP contribution < -0.4 is 16.4 Å². The highest BCUT2D eigenvalue weighted by atomic mass is 16.1. The molecular formula is C8H13N5O. The molecule has 0 atom stereocenters. The lowest BCUT2D eigenvalue weighted by molar-refractivity contribution is -0.118. The number of rotatable bonds is 1. The minimum atomic E-state index is -1.30. The zero-order chi connectivity index (χ0) is 10.8. The van der Waals surface area contributed by atoms with Crippen LogP contribution in [-0.4, -0.2) is 32.1 Å². The Kier molecular flexibility index (Phi) is 7.06. The molecule has 0 radical (unpaired) electrons. The van der Waals surface area contributed by atoms with Gasteiger partial charge in [-0.1, -0.05) is 0 Å². The van der Waals surface area contributed by atoms with Crippen molar-refractivity contribution >= 4 is 5.91 Å². The number of nitriles is 2. The summed E-state index contributed by atoms with van der Waals surface area (Å²) in [4.78, 5) is 9.94. The number of nitrogens with zero attached hydrogens (tertiary/aromatic N) is 2. The molecule has 0 aromatic rings. The second-order valence-corrected chi connectivity index (χ2v) is 2.59. The van der Waals surface area contributed by atoms with E-state index < -0.39 is 11.8 Å². The van der Waals surface area contributed by atoms with E-state index in [4.69, 9.17) is 10.5 Å². The third-order valence-electron chi connectivity index (χ3n) is 1.50. The average molecular weight is 195 g/mol. The molecule has 1 fully saturated rings. The van der Waals surface area contributed by atoms with Gasteiger partial charge in [0, 0.05) is 26.2 Å². The first-order valence-corrected chi connectivity index (χ1v) is 4.22. The fraction of sp³-hybridized carbons (Fsp3) is 0.625. The number of nitrogens with one attached hydrogen (secondary N) is 2. The fourth-order valence-corrected chi connectivity index (χ4v) is 0.760. The fourth-order valence-electron chi connectivity index (χ4n) is 0.760. The first-order chi connectivity index (χ1) is 6.72. The molecule has 6 nitrogen and oxygen atoms in total. The molecule has 1 heterocycles. The zero-order valence-corrected chi connectivity index (χ0v) is 7.79. The van der Waals surface area contributed by atoms with Crippen molar-refractivity contribution in [2.45, 2.75) is 0 Å². The molecule has 0 bridgehead atoms. The highest BCUT2D eigenvalue weighted by molar-refractivity contribution is 5.81. The van der Waals surface area contributed by atoms with Gasteiger partial charge in [0.05, 0.1) is 12.1 Å². The molecule has 6 heteroatoms. The van der Waals surface area contributed by atoms with Gasteiger partial charge in [0.15, 0.2) is 0 Å². The first-order valence-electron chi connectivity index (χ1n) is 4.22. The Bertz CT molecular complexity index is 222. The minimum Gasteiger partial charge on any atom is -0.368 e. The second kappa shape index (κ2) is 7.99. The van der Waals surface area contributed by atoms with Crippen molar-refractivity contribution in [1.82, 2.24) is 10.6 Å². The molecule has 0 unspecified atom stereocenters. The molecular weight excluding hydrogens is 182 g/mol. The van der Waals surface area contributed by atoms with E-state index in [1.54, 1.807) is 0 Å². The van der Waals surface area contributed by atoms with Crippen molar-refractivity contribution < 1.29 is 4.79 Å². The topological polar surface area (TPSA) is 115 Å². The van der Waals surface area contributed by atoms with Gasteiger partial charge in [-0.3, -0.25) is 4.79 Å². The number of nitrogens with two attached hydrogens (primary N) is 1. The summed E-state index contributed by atoms with van der Waals surface area (Å²) >= 11 is 0. The lowest BCUT2D eigenvalue weighted by Gasteiger charge is -2.11. The van der Waals surface area contributed by atoms with E-state index in [2.05, 4.69) is 16.4 Å². The number of carbonyl (C=O) groups excluding carboxylic acids is 1. The normalized spacial score (nSPS) is 14.5. The monoisotopic (exact) mass is 195 g/mol. The van der Waals surface area contributed by atoms with Crippen LogP contribution in [0.5, 0.6) is 0 Å². The number of carbonyl (C=O) groups is 1. The predicted molar refractivity (Wildman–Crippen MR) is 49.6 cm³/mol. The van der Waals surface area contributed by atoms with E-state index >= 15 is 0 Å². The standard InChI is InChI=1S/C4H3N3O.C4H10N2/c5-1-3(2-6)4(7)8;1-2-6-4-3-5-1/h3H,(H2,7,8);5-6H,1-4H2. The molecule has 1 saturated heterocycles. The third kappa shape index (κ3) is 5.95. The lowest BCUT2D eigenvalue weighted by atomic mass is 10.2. The molecule has 1 amide bonds. The van der Waals surface area contributed by atoms with E-state index in [1.165, 1.54) is 12.1 Å². The number of primary amides is 1. The molecule has 1 rings (SSSR count). The maximum absolute atomic E-state index is 9.94. The highest BCUT2D eigenvalue weighted by Gasteiger charge is 2.10. The summed E-state index contributed by atoms with van der Waals surface area (Å²) in [5, 5.41) is 22.3. The maximum atomic E-state index is 9.94. The molecule has 14 heavy (non-hydrogen) atoms. The van der Waals surface area contributed by atoms with Crippen molar-refractivity contribution in [1.29, 1.82) is 10.5 Å². The molecule has 0 aliphatic carbocycles. The van der Waals surface area contributed by atoms with Crippen molar-refractivity contribution in [2.24, 2.45) is 11.7 Å². The van der Waals surface area contributed by atoms with Crippen molar-refractivity contribution in [3.63, 3.8) is 0 Å². The van der Waals surface area contributed by atoms with Gasteiger partial charge in [0.2, 0.25) is 11.8 Å². The van der Waals surface area contributed by atoms with Crippen molar-refractivity contribution in [2.75, 3.05) is 26.2 Å². The Hall–Kier alpha value is -1.63. The summed E-state index contributed by atoms with van der Waals surface area (Å²) in [6.07, 6.45) is 0. The number of hydrogen-bond donors (Lipinski definition) is 3. The summed E-state index contributed by atoms with van der Waals surface area (Å²) in [6.45, 7) is 4.56. The average Bonchev–Trinajstić information content (AvgIpc) is 2.22. The van der Waals surface area contributed by atoms with Crippen LogP contribution >= 0.6 is 0 Å². The Morgan fingerprint density at radius 1 is 1.14 bits per heavy atom. The van der Waals surface area contributed by atoms with Gasteiger partial charge in [-0.15, -0.1) is 0 Å². The van der Waals surface area contributed by atoms with Crippen LogP contribution in [0.15, 0.2) is 0 Å². The quantitative estimate of drug-likeness (QED) is 0.462. The van der Waals surface area contributed by atoms with E-state index in [9.17, 15) is 4.79 Å². The Morgan fingerprint density at radius 2 is 1.50 bits per heavy atom. The maximum Gasteiger partial charge on any atom is 0.249 e. The number of amides is 1. The van der Waals surface area contributed by atoms with Gasteiger partial charge in [0.1, 0.15) is 0 Å². The number of hydrogen-bond acceptors (Lipinski definition) is 5. The Balaban J connectivity index is 0.000000249. The van der Waals surface area contributed by atoms with Gasteiger partial charge in [-0.05, 0) is 0 Å². The molecule has 0 aromatic heterocycles. The third-order valence-corrected chi connectivity index (χ3v) is 1.50. The second-order valence-electron chi connectivity index (χ2n) is 2.59. The highest BCUT2D eigenvalue weighted by Crippen LogP contribution is 1.85. The lowest BCUT2D eigenvalue weighted by Crippen LogP contribution is -2.39. The Labute approximate surface area is 82.7 Å². The van der Waals surface area contributed by atoms with Crippen LogP contribution in [0.3, 0.4) is 0 Å². The smallest absolute Gasteiger partial charge is 0.249 e. The predicted octanol–water partition coefficient (Wildman–Crippen LogP) is -1.69. The molecule has 0 spiro atoms. The van der Waals surface area contributed by atoms with Crippen LogP contribution in [0, 0.1) is 28.6 Å². The van der Waals surface area contributed by atoms with E-state index in [0.717, 1.165) is 26.2 Å². The zero-order valence-electron chi connectivity index (χ0n) is 7.79. The molecule has 0 aromatic carbocycles.